The summed E-state index contributed by atoms with van der Waals surface area (Å²) in [5.74, 6) is 0.256. The second-order valence-electron chi connectivity index (χ2n) is 6.14. The van der Waals surface area contributed by atoms with Crippen molar-refractivity contribution in [1.82, 2.24) is 9.46 Å². The van der Waals surface area contributed by atoms with Gasteiger partial charge in [-0.15, -0.1) is 0 Å². The molecule has 154 valence electrons. The van der Waals surface area contributed by atoms with Crippen LogP contribution in [0.15, 0.2) is 32.5 Å². The Bertz CT molecular complexity index is 1050. The molecule has 1 aromatic heterocycles. The van der Waals surface area contributed by atoms with Crippen LogP contribution in [0.4, 0.5) is 5.69 Å². The highest BCUT2D eigenvalue weighted by molar-refractivity contribution is 7.92. The van der Waals surface area contributed by atoms with E-state index in [1.54, 1.807) is 0 Å². The molecule has 2 aromatic rings. The number of hydrogen-bond acceptors (Lipinski definition) is 8. The molecule has 0 saturated carbocycles. The average Bonchev–Trinajstić information content (AvgIpc) is 3.01. The van der Waals surface area contributed by atoms with Crippen molar-refractivity contribution in [3.05, 3.63) is 29.7 Å². The van der Waals surface area contributed by atoms with E-state index in [2.05, 4.69) is 9.88 Å². The Morgan fingerprint density at radius 3 is 2.39 bits per heavy atom. The first-order valence-electron chi connectivity index (χ1n) is 8.38. The molecule has 0 amide bonds. The van der Waals surface area contributed by atoms with E-state index in [4.69, 9.17) is 14.0 Å². The summed E-state index contributed by atoms with van der Waals surface area (Å²) in [6.45, 7) is 3.99. The predicted octanol–water partition coefficient (Wildman–Crippen LogP) is 1.12. The molecule has 0 aliphatic carbocycles. The highest BCUT2D eigenvalue weighted by Crippen LogP contribution is 2.31. The Morgan fingerprint density at radius 1 is 1.14 bits per heavy atom. The molecular formula is C16H21N3O7S2. The number of ether oxygens (including phenoxy) is 2. The van der Waals surface area contributed by atoms with E-state index in [0.717, 1.165) is 0 Å². The van der Waals surface area contributed by atoms with Gasteiger partial charge in [-0.25, -0.2) is 16.8 Å². The molecule has 10 nitrogen and oxygen atoms in total. The van der Waals surface area contributed by atoms with Gasteiger partial charge in [-0.2, -0.15) is 4.31 Å². The van der Waals surface area contributed by atoms with E-state index in [1.165, 1.54) is 43.5 Å². The highest BCUT2D eigenvalue weighted by atomic mass is 32.2. The molecule has 1 saturated heterocycles. The molecule has 1 aliphatic heterocycles. The van der Waals surface area contributed by atoms with Gasteiger partial charge < -0.3 is 14.0 Å². The van der Waals surface area contributed by atoms with Gasteiger partial charge in [0.1, 0.15) is 16.3 Å². The Balaban J connectivity index is 2.00. The molecule has 1 fully saturated rings. The minimum absolute atomic E-state index is 0.0765. The Hall–Kier alpha value is -2.15. The summed E-state index contributed by atoms with van der Waals surface area (Å²) in [5.41, 5.74) is 0.285. The lowest BCUT2D eigenvalue weighted by Gasteiger charge is -2.26. The van der Waals surface area contributed by atoms with Gasteiger partial charge in [-0.3, -0.25) is 4.72 Å². The Kier molecular flexibility index (Phi) is 5.66. The van der Waals surface area contributed by atoms with Crippen molar-refractivity contribution in [2.75, 3.05) is 38.1 Å². The topological polar surface area (TPSA) is 128 Å². The number of morpholine rings is 1. The van der Waals surface area contributed by atoms with Gasteiger partial charge in [-0.1, -0.05) is 5.16 Å². The number of rotatable bonds is 6. The molecule has 28 heavy (non-hydrogen) atoms. The number of benzene rings is 1. The van der Waals surface area contributed by atoms with Crippen molar-refractivity contribution in [2.24, 2.45) is 0 Å². The van der Waals surface area contributed by atoms with Crippen LogP contribution in [-0.2, 0) is 24.8 Å². The molecule has 0 radical (unpaired) electrons. The molecule has 3 rings (SSSR count). The molecule has 0 bridgehead atoms. The van der Waals surface area contributed by atoms with Crippen LogP contribution in [0, 0.1) is 13.8 Å². The lowest BCUT2D eigenvalue weighted by atomic mass is 10.3. The van der Waals surface area contributed by atoms with Crippen molar-refractivity contribution in [3.63, 3.8) is 0 Å². The number of anilines is 1. The zero-order valence-corrected chi connectivity index (χ0v) is 17.3. The third kappa shape index (κ3) is 3.85. The van der Waals surface area contributed by atoms with Gasteiger partial charge in [-0.05, 0) is 32.0 Å². The van der Waals surface area contributed by atoms with Gasteiger partial charge in [0.2, 0.25) is 10.0 Å². The Labute approximate surface area is 163 Å². The molecule has 1 N–H and O–H groups in total. The van der Waals surface area contributed by atoms with Crippen molar-refractivity contribution < 1.29 is 30.8 Å². The summed E-state index contributed by atoms with van der Waals surface area (Å²) >= 11 is 0. The number of nitrogens with zero attached hydrogens (tertiary/aromatic N) is 2. The number of hydrogen-bond donors (Lipinski definition) is 1. The molecule has 1 aromatic carbocycles. The number of methoxy groups -OCH3 is 1. The zero-order valence-electron chi connectivity index (χ0n) is 15.6. The first-order valence-corrected chi connectivity index (χ1v) is 11.3. The molecule has 2 heterocycles. The quantitative estimate of drug-likeness (QED) is 0.721. The van der Waals surface area contributed by atoms with E-state index in [-0.39, 0.29) is 45.8 Å². The first-order chi connectivity index (χ1) is 13.2. The normalized spacial score (nSPS) is 16.1. The van der Waals surface area contributed by atoms with Crippen LogP contribution in [0.1, 0.15) is 11.5 Å². The summed E-state index contributed by atoms with van der Waals surface area (Å²) in [5, 5.41) is 3.64. The third-order valence-electron chi connectivity index (χ3n) is 4.24. The van der Waals surface area contributed by atoms with Crippen molar-refractivity contribution in [1.29, 1.82) is 0 Å². The first kappa shape index (κ1) is 20.6. The maximum absolute atomic E-state index is 13.0. The summed E-state index contributed by atoms with van der Waals surface area (Å²) in [6, 6.07) is 4.06. The summed E-state index contributed by atoms with van der Waals surface area (Å²) in [6.07, 6.45) is 0. The molecular weight excluding hydrogens is 410 g/mol. The van der Waals surface area contributed by atoms with Crippen LogP contribution >= 0.6 is 0 Å². The van der Waals surface area contributed by atoms with E-state index in [9.17, 15) is 16.8 Å². The van der Waals surface area contributed by atoms with Crippen molar-refractivity contribution in [2.45, 2.75) is 23.6 Å². The molecule has 12 heteroatoms. The summed E-state index contributed by atoms with van der Waals surface area (Å²) in [4.78, 5) is -0.211. The van der Waals surface area contributed by atoms with Crippen molar-refractivity contribution in [3.8, 4) is 5.75 Å². The van der Waals surface area contributed by atoms with Gasteiger partial charge in [0.15, 0.2) is 10.7 Å². The van der Waals surface area contributed by atoms with Crippen LogP contribution in [0.25, 0.3) is 0 Å². The van der Waals surface area contributed by atoms with Crippen molar-refractivity contribution >= 4 is 25.7 Å². The number of sulfonamides is 2. The van der Waals surface area contributed by atoms with Gasteiger partial charge in [0, 0.05) is 13.1 Å². The van der Waals surface area contributed by atoms with Crippen LogP contribution in [0.2, 0.25) is 0 Å². The number of aryl methyl sites for hydroxylation is 2. The maximum Gasteiger partial charge on any atom is 0.267 e. The minimum atomic E-state index is -4.01. The van der Waals surface area contributed by atoms with Gasteiger partial charge in [0.05, 0.1) is 26.0 Å². The molecule has 1 aliphatic rings. The van der Waals surface area contributed by atoms with E-state index in [1.807, 2.05) is 0 Å². The zero-order chi connectivity index (χ0) is 20.5. The second-order valence-corrected chi connectivity index (χ2v) is 9.67. The van der Waals surface area contributed by atoms with E-state index >= 15 is 0 Å². The van der Waals surface area contributed by atoms with Crippen LogP contribution in [0.5, 0.6) is 5.75 Å². The number of aromatic nitrogens is 1. The predicted molar refractivity (Wildman–Crippen MR) is 99.4 cm³/mol. The smallest absolute Gasteiger partial charge is 0.267 e. The Morgan fingerprint density at radius 2 is 1.82 bits per heavy atom. The maximum atomic E-state index is 13.0. The molecule has 0 unspecified atom stereocenters. The van der Waals surface area contributed by atoms with Crippen LogP contribution < -0.4 is 9.46 Å². The molecule has 0 atom stereocenters. The molecule has 0 spiro atoms. The van der Waals surface area contributed by atoms with E-state index in [0.29, 0.717) is 13.2 Å². The largest absolute Gasteiger partial charge is 0.495 e. The van der Waals surface area contributed by atoms with Crippen LogP contribution in [-0.4, -0.2) is 59.7 Å². The summed E-state index contributed by atoms with van der Waals surface area (Å²) in [7, 11) is -6.56. The fourth-order valence-corrected chi connectivity index (χ4v) is 5.90. The fraction of sp³-hybridized carbons (Fsp3) is 0.438. The van der Waals surface area contributed by atoms with E-state index < -0.39 is 20.0 Å². The van der Waals surface area contributed by atoms with Gasteiger partial charge in [0.25, 0.3) is 10.0 Å². The lowest BCUT2D eigenvalue weighted by Crippen LogP contribution is -2.40. The standard InChI is InChI=1S/C16H21N3O7S2/c1-11-16(12(2)26-17-11)27(20,21)18-13-4-5-14(24-3)15(10-13)28(22,23)19-6-8-25-9-7-19/h4-5,10,18H,6-9H2,1-3H3. The summed E-state index contributed by atoms with van der Waals surface area (Å²) < 4.78 is 70.4. The SMILES string of the molecule is COc1ccc(NS(=O)(=O)c2c(C)noc2C)cc1S(=O)(=O)N1CCOCC1. The third-order valence-corrected chi connectivity index (χ3v) is 7.78. The second kappa shape index (κ2) is 7.70. The monoisotopic (exact) mass is 431 g/mol. The minimum Gasteiger partial charge on any atom is -0.495 e. The fourth-order valence-electron chi connectivity index (χ4n) is 2.93. The number of nitrogens with one attached hydrogen (secondary N) is 1. The van der Waals surface area contributed by atoms with Gasteiger partial charge >= 0.3 is 0 Å². The lowest BCUT2D eigenvalue weighted by molar-refractivity contribution is 0.0729. The highest BCUT2D eigenvalue weighted by Gasteiger charge is 2.30. The average molecular weight is 431 g/mol. The van der Waals surface area contributed by atoms with Crippen LogP contribution in [0.3, 0.4) is 0 Å².